The molecular weight excluding hydrogens is 234 g/mol. The molecule has 3 nitrogen and oxygen atoms in total. The van der Waals surface area contributed by atoms with E-state index in [-0.39, 0.29) is 0 Å². The molecular formula is C16H21N3. The second-order valence-corrected chi connectivity index (χ2v) is 5.44. The molecule has 0 bridgehead atoms. The highest BCUT2D eigenvalue weighted by Crippen LogP contribution is 2.36. The first-order chi connectivity index (χ1) is 9.36. The van der Waals surface area contributed by atoms with Crippen LogP contribution in [0.1, 0.15) is 44.2 Å². The van der Waals surface area contributed by atoms with Gasteiger partial charge < -0.3 is 5.32 Å². The summed E-state index contributed by atoms with van der Waals surface area (Å²) in [4.78, 5) is 8.73. The van der Waals surface area contributed by atoms with E-state index in [1.807, 2.05) is 0 Å². The Bertz CT molecular complexity index is 548. The lowest BCUT2D eigenvalue weighted by Gasteiger charge is -2.18. The number of fused-ring (bicyclic) bond motifs is 1. The zero-order valence-electron chi connectivity index (χ0n) is 11.5. The normalized spacial score (nSPS) is 16.7. The number of aromatic nitrogens is 2. The van der Waals surface area contributed by atoms with Gasteiger partial charge in [0.05, 0.1) is 11.0 Å². The van der Waals surface area contributed by atoms with E-state index >= 15 is 0 Å². The predicted molar refractivity (Wildman–Crippen MR) is 77.9 cm³/mol. The molecule has 3 rings (SSSR count). The number of benzene rings is 1. The van der Waals surface area contributed by atoms with Crippen molar-refractivity contribution in [3.8, 4) is 0 Å². The van der Waals surface area contributed by atoms with E-state index < -0.39 is 0 Å². The highest BCUT2D eigenvalue weighted by atomic mass is 14.9. The molecule has 100 valence electrons. The van der Waals surface area contributed by atoms with Gasteiger partial charge in [-0.3, -0.25) is 9.97 Å². The Morgan fingerprint density at radius 2 is 2.00 bits per heavy atom. The van der Waals surface area contributed by atoms with Crippen LogP contribution < -0.4 is 5.32 Å². The summed E-state index contributed by atoms with van der Waals surface area (Å²) in [7, 11) is 0. The highest BCUT2D eigenvalue weighted by Gasteiger charge is 2.22. The van der Waals surface area contributed by atoms with Crippen LogP contribution in [0.4, 0.5) is 0 Å². The lowest BCUT2D eigenvalue weighted by atomic mass is 10.00. The van der Waals surface area contributed by atoms with Crippen LogP contribution >= 0.6 is 0 Å². The third kappa shape index (κ3) is 3.10. The fourth-order valence-corrected chi connectivity index (χ4v) is 2.64. The first-order valence-electron chi connectivity index (χ1n) is 7.31. The van der Waals surface area contributed by atoms with Crippen molar-refractivity contribution in [3.63, 3.8) is 0 Å². The van der Waals surface area contributed by atoms with Crippen molar-refractivity contribution in [1.29, 1.82) is 0 Å². The SMILES string of the molecule is CCNC(CCC1CC1)c1ccc2nccnc2c1. The number of hydrogen-bond donors (Lipinski definition) is 1. The lowest BCUT2D eigenvalue weighted by molar-refractivity contribution is 0.482. The van der Waals surface area contributed by atoms with Gasteiger partial charge in [-0.2, -0.15) is 0 Å². The molecule has 0 amide bonds. The van der Waals surface area contributed by atoms with Crippen LogP contribution in [0, 0.1) is 5.92 Å². The Morgan fingerprint density at radius 3 is 2.74 bits per heavy atom. The minimum absolute atomic E-state index is 0.456. The van der Waals surface area contributed by atoms with Crippen LogP contribution in [-0.2, 0) is 0 Å². The Kier molecular flexibility index (Phi) is 3.74. The summed E-state index contributed by atoms with van der Waals surface area (Å²) < 4.78 is 0. The van der Waals surface area contributed by atoms with Crippen molar-refractivity contribution >= 4 is 11.0 Å². The summed E-state index contributed by atoms with van der Waals surface area (Å²) in [5.74, 6) is 0.987. The number of nitrogens with zero attached hydrogens (tertiary/aromatic N) is 2. The van der Waals surface area contributed by atoms with E-state index in [1.165, 1.54) is 31.2 Å². The van der Waals surface area contributed by atoms with Crippen molar-refractivity contribution in [2.45, 2.75) is 38.6 Å². The van der Waals surface area contributed by atoms with E-state index in [1.54, 1.807) is 12.4 Å². The molecule has 1 atom stereocenters. The van der Waals surface area contributed by atoms with Crippen LogP contribution in [0.25, 0.3) is 11.0 Å². The van der Waals surface area contributed by atoms with Gasteiger partial charge in [0.1, 0.15) is 0 Å². The fraction of sp³-hybridized carbons (Fsp3) is 0.500. The van der Waals surface area contributed by atoms with Gasteiger partial charge in [-0.25, -0.2) is 0 Å². The van der Waals surface area contributed by atoms with Crippen molar-refractivity contribution in [3.05, 3.63) is 36.2 Å². The van der Waals surface area contributed by atoms with Gasteiger partial charge in [0, 0.05) is 18.4 Å². The molecule has 0 spiro atoms. The number of nitrogens with one attached hydrogen (secondary N) is 1. The van der Waals surface area contributed by atoms with E-state index in [0.717, 1.165) is 23.5 Å². The molecule has 0 saturated heterocycles. The maximum Gasteiger partial charge on any atom is 0.0890 e. The van der Waals surface area contributed by atoms with Crippen molar-refractivity contribution < 1.29 is 0 Å². The Labute approximate surface area is 114 Å². The van der Waals surface area contributed by atoms with Crippen LogP contribution in [0.2, 0.25) is 0 Å². The minimum atomic E-state index is 0.456. The van der Waals surface area contributed by atoms with Gasteiger partial charge >= 0.3 is 0 Å². The van der Waals surface area contributed by atoms with E-state index in [2.05, 4.69) is 40.4 Å². The first-order valence-corrected chi connectivity index (χ1v) is 7.31. The molecule has 3 heteroatoms. The summed E-state index contributed by atoms with van der Waals surface area (Å²) in [6, 6.07) is 6.91. The molecule has 19 heavy (non-hydrogen) atoms. The maximum absolute atomic E-state index is 4.40. The topological polar surface area (TPSA) is 37.8 Å². The summed E-state index contributed by atoms with van der Waals surface area (Å²) in [5.41, 5.74) is 3.31. The average Bonchev–Trinajstić information content (AvgIpc) is 3.27. The first kappa shape index (κ1) is 12.5. The molecule has 1 aliphatic carbocycles. The average molecular weight is 255 g/mol. The van der Waals surface area contributed by atoms with Gasteiger partial charge in [-0.15, -0.1) is 0 Å². The van der Waals surface area contributed by atoms with Crippen LogP contribution in [-0.4, -0.2) is 16.5 Å². The largest absolute Gasteiger partial charge is 0.310 e. The molecule has 1 aromatic carbocycles. The number of hydrogen-bond acceptors (Lipinski definition) is 3. The standard InChI is InChI=1S/C16H21N3/c1-2-17-14(7-5-12-3-4-12)13-6-8-15-16(11-13)19-10-9-18-15/h6,8-12,14,17H,2-5,7H2,1H3. The van der Waals surface area contributed by atoms with E-state index in [0.29, 0.717) is 6.04 Å². The molecule has 1 N–H and O–H groups in total. The third-order valence-corrected chi connectivity index (χ3v) is 3.91. The zero-order valence-corrected chi connectivity index (χ0v) is 11.5. The van der Waals surface area contributed by atoms with Crippen molar-refractivity contribution in [2.75, 3.05) is 6.54 Å². The zero-order chi connectivity index (χ0) is 13.1. The molecule has 2 aromatic rings. The summed E-state index contributed by atoms with van der Waals surface area (Å²) in [6.07, 6.45) is 8.94. The van der Waals surface area contributed by atoms with Crippen molar-refractivity contribution in [2.24, 2.45) is 5.92 Å². The Balaban J connectivity index is 1.80. The summed E-state index contributed by atoms with van der Waals surface area (Å²) in [5, 5.41) is 3.60. The van der Waals surface area contributed by atoms with Crippen LogP contribution in [0.15, 0.2) is 30.6 Å². The Morgan fingerprint density at radius 1 is 1.21 bits per heavy atom. The molecule has 1 aromatic heterocycles. The van der Waals surface area contributed by atoms with Gasteiger partial charge in [-0.05, 0) is 43.0 Å². The van der Waals surface area contributed by atoms with Gasteiger partial charge in [0.15, 0.2) is 0 Å². The molecule has 1 saturated carbocycles. The maximum atomic E-state index is 4.40. The minimum Gasteiger partial charge on any atom is -0.310 e. The van der Waals surface area contributed by atoms with Gasteiger partial charge in [0.25, 0.3) is 0 Å². The fourth-order valence-electron chi connectivity index (χ4n) is 2.64. The smallest absolute Gasteiger partial charge is 0.0890 e. The van der Waals surface area contributed by atoms with Crippen LogP contribution in [0.5, 0.6) is 0 Å². The molecule has 1 aliphatic rings. The van der Waals surface area contributed by atoms with Crippen molar-refractivity contribution in [1.82, 2.24) is 15.3 Å². The van der Waals surface area contributed by atoms with E-state index in [9.17, 15) is 0 Å². The number of rotatable bonds is 6. The van der Waals surface area contributed by atoms with E-state index in [4.69, 9.17) is 0 Å². The van der Waals surface area contributed by atoms with Crippen LogP contribution in [0.3, 0.4) is 0 Å². The second-order valence-electron chi connectivity index (χ2n) is 5.44. The highest BCUT2D eigenvalue weighted by molar-refractivity contribution is 5.74. The van der Waals surface area contributed by atoms with Gasteiger partial charge in [0.2, 0.25) is 0 Å². The molecule has 1 unspecified atom stereocenters. The molecule has 0 aliphatic heterocycles. The molecule has 0 radical (unpaired) electrons. The second kappa shape index (κ2) is 5.66. The monoisotopic (exact) mass is 255 g/mol. The van der Waals surface area contributed by atoms with Gasteiger partial charge in [-0.1, -0.05) is 25.8 Å². The third-order valence-electron chi connectivity index (χ3n) is 3.91. The quantitative estimate of drug-likeness (QED) is 0.859. The summed E-state index contributed by atoms with van der Waals surface area (Å²) in [6.45, 7) is 3.18. The molecule has 1 fully saturated rings. The predicted octanol–water partition coefficient (Wildman–Crippen LogP) is 3.47. The molecule has 1 heterocycles. The Hall–Kier alpha value is -1.48. The lowest BCUT2D eigenvalue weighted by Crippen LogP contribution is -2.21. The summed E-state index contributed by atoms with van der Waals surface area (Å²) >= 11 is 0.